The molecule has 4 aromatic rings. The van der Waals surface area contributed by atoms with Crippen LogP contribution in [0.2, 0.25) is 0 Å². The van der Waals surface area contributed by atoms with Crippen LogP contribution in [0.15, 0.2) is 48.8 Å². The fraction of sp³-hybridized carbons (Fsp3) is 0.419. The SMILES string of the molecule is FC1(F)CN[C@H](c2cnc(-c3ccc(-c4ccc(-c5cnc([C@@H]6CC(F)(F)CN6)[nH]5)c5c4C4CCC5C4)cc3)[nH]2)C1. The third-order valence-corrected chi connectivity index (χ3v) is 9.41. The second-order valence-corrected chi connectivity index (χ2v) is 12.1. The second-order valence-electron chi connectivity index (χ2n) is 12.1. The standard InChI is InChI=1S/C31H30F4N6/c32-30(33)10-22(38-14-30)25-13-36-28(41-25)17-3-1-16(2-4-17)20-7-8-21(27-19-6-5-18(9-19)26(20)27)24-12-37-29(40-24)23-11-31(34,35)15-39-23/h1-4,7-8,12-13,18-19,22-23,38-39H,5-6,9-11,14-15H2,(H,36,41)(H,37,40)/t18?,19?,22-,23-/m0/s1. The zero-order valence-corrected chi connectivity index (χ0v) is 22.3. The lowest BCUT2D eigenvalue weighted by Gasteiger charge is -2.22. The Labute approximate surface area is 234 Å². The van der Waals surface area contributed by atoms with E-state index in [1.165, 1.54) is 23.1 Å². The molecule has 1 saturated carbocycles. The summed E-state index contributed by atoms with van der Waals surface area (Å²) in [6, 6.07) is 11.7. The average molecular weight is 563 g/mol. The van der Waals surface area contributed by atoms with Gasteiger partial charge in [-0.1, -0.05) is 36.4 Å². The number of halogens is 4. The Morgan fingerprint density at radius 1 is 0.683 bits per heavy atom. The molecule has 4 N–H and O–H groups in total. The maximum atomic E-state index is 13.8. The van der Waals surface area contributed by atoms with Crippen molar-refractivity contribution in [2.24, 2.45) is 0 Å². The molecule has 2 unspecified atom stereocenters. The van der Waals surface area contributed by atoms with Crippen LogP contribution >= 0.6 is 0 Å². The van der Waals surface area contributed by atoms with Crippen molar-refractivity contribution >= 4 is 0 Å². The van der Waals surface area contributed by atoms with Crippen molar-refractivity contribution in [3.05, 3.63) is 71.4 Å². The number of benzene rings is 2. The summed E-state index contributed by atoms with van der Waals surface area (Å²) in [4.78, 5) is 15.5. The minimum Gasteiger partial charge on any atom is -0.341 e. The molecular formula is C31H30F4N6. The van der Waals surface area contributed by atoms with Gasteiger partial charge in [0, 0.05) is 24.0 Å². The van der Waals surface area contributed by atoms with E-state index in [1.54, 1.807) is 12.4 Å². The van der Waals surface area contributed by atoms with Gasteiger partial charge in [-0.25, -0.2) is 27.5 Å². The minimum atomic E-state index is -2.71. The predicted octanol–water partition coefficient (Wildman–Crippen LogP) is 6.84. The van der Waals surface area contributed by atoms with E-state index in [9.17, 15) is 17.6 Å². The zero-order valence-electron chi connectivity index (χ0n) is 22.3. The highest BCUT2D eigenvalue weighted by molar-refractivity contribution is 5.80. The van der Waals surface area contributed by atoms with E-state index < -0.39 is 23.9 Å². The van der Waals surface area contributed by atoms with E-state index in [2.05, 4.69) is 54.8 Å². The number of nitrogens with one attached hydrogen (secondary N) is 4. The fourth-order valence-electron chi connectivity index (χ4n) is 7.47. The first-order valence-corrected chi connectivity index (χ1v) is 14.3. The molecule has 212 valence electrons. The smallest absolute Gasteiger partial charge is 0.262 e. The first-order chi connectivity index (χ1) is 19.7. The van der Waals surface area contributed by atoms with Crippen molar-refractivity contribution in [1.82, 2.24) is 30.6 Å². The van der Waals surface area contributed by atoms with Crippen molar-refractivity contribution in [3.8, 4) is 33.8 Å². The quantitative estimate of drug-likeness (QED) is 0.201. The van der Waals surface area contributed by atoms with Crippen molar-refractivity contribution in [2.75, 3.05) is 13.1 Å². The molecule has 0 radical (unpaired) electrons. The van der Waals surface area contributed by atoms with Crippen LogP contribution in [0.25, 0.3) is 33.8 Å². The van der Waals surface area contributed by atoms with Crippen molar-refractivity contribution < 1.29 is 17.6 Å². The van der Waals surface area contributed by atoms with Crippen molar-refractivity contribution in [2.45, 2.75) is 67.9 Å². The largest absolute Gasteiger partial charge is 0.341 e. The molecule has 41 heavy (non-hydrogen) atoms. The number of hydrogen-bond donors (Lipinski definition) is 4. The first kappa shape index (κ1) is 25.2. The van der Waals surface area contributed by atoms with Crippen LogP contribution in [0, 0.1) is 0 Å². The third kappa shape index (κ3) is 4.30. The summed E-state index contributed by atoms with van der Waals surface area (Å²) in [7, 11) is 0. The van der Waals surface area contributed by atoms with Crippen LogP contribution in [-0.2, 0) is 0 Å². The number of nitrogens with zero attached hydrogens (tertiary/aromatic N) is 2. The molecule has 2 aliphatic heterocycles. The molecule has 2 saturated heterocycles. The van der Waals surface area contributed by atoms with Gasteiger partial charge in [0.2, 0.25) is 0 Å². The highest BCUT2D eigenvalue weighted by atomic mass is 19.3. The van der Waals surface area contributed by atoms with Crippen LogP contribution in [-0.4, -0.2) is 44.9 Å². The molecule has 2 aromatic carbocycles. The van der Waals surface area contributed by atoms with E-state index in [0.29, 0.717) is 29.2 Å². The fourth-order valence-corrected chi connectivity index (χ4v) is 7.47. The summed E-state index contributed by atoms with van der Waals surface area (Å²) >= 11 is 0. The molecule has 2 aromatic heterocycles. The number of hydrogen-bond acceptors (Lipinski definition) is 4. The lowest BCUT2D eigenvalue weighted by atomic mass is 9.82. The normalized spacial score (nSPS) is 27.5. The number of imidazole rings is 2. The summed E-state index contributed by atoms with van der Waals surface area (Å²) in [5, 5.41) is 5.76. The Morgan fingerprint density at radius 2 is 1.32 bits per heavy atom. The van der Waals surface area contributed by atoms with Gasteiger partial charge in [-0.05, 0) is 53.4 Å². The van der Waals surface area contributed by atoms with E-state index in [0.717, 1.165) is 35.2 Å². The maximum Gasteiger partial charge on any atom is 0.262 e. The van der Waals surface area contributed by atoms with Crippen LogP contribution in [0.3, 0.4) is 0 Å². The number of fused-ring (bicyclic) bond motifs is 5. The monoisotopic (exact) mass is 562 g/mol. The van der Waals surface area contributed by atoms with Gasteiger partial charge in [0.1, 0.15) is 11.6 Å². The first-order valence-electron chi connectivity index (χ1n) is 14.3. The molecule has 0 spiro atoms. The zero-order chi connectivity index (χ0) is 27.9. The van der Waals surface area contributed by atoms with Gasteiger partial charge >= 0.3 is 0 Å². The number of H-pyrrole nitrogens is 2. The molecule has 2 aliphatic carbocycles. The van der Waals surface area contributed by atoms with E-state index in [-0.39, 0.29) is 25.9 Å². The Kier molecular flexibility index (Phi) is 5.54. The number of alkyl halides is 4. The molecule has 8 rings (SSSR count). The molecule has 4 aliphatic rings. The maximum absolute atomic E-state index is 13.8. The average Bonchev–Trinajstić information content (AvgIpc) is 3.79. The van der Waals surface area contributed by atoms with Gasteiger partial charge in [0.25, 0.3) is 11.8 Å². The highest BCUT2D eigenvalue weighted by Gasteiger charge is 2.43. The van der Waals surface area contributed by atoms with Gasteiger partial charge < -0.3 is 20.6 Å². The number of rotatable bonds is 5. The van der Waals surface area contributed by atoms with E-state index >= 15 is 0 Å². The lowest BCUT2D eigenvalue weighted by Crippen LogP contribution is -2.19. The summed E-state index contributed by atoms with van der Waals surface area (Å²) < 4.78 is 54.8. The number of aromatic nitrogens is 4. The molecule has 2 bridgehead atoms. The molecule has 4 heterocycles. The van der Waals surface area contributed by atoms with Gasteiger partial charge in [0.15, 0.2) is 0 Å². The minimum absolute atomic E-state index is 0.232. The lowest BCUT2D eigenvalue weighted by molar-refractivity contribution is 0.0201. The topological polar surface area (TPSA) is 81.4 Å². The van der Waals surface area contributed by atoms with Crippen LogP contribution in [0.1, 0.15) is 78.7 Å². The van der Waals surface area contributed by atoms with Crippen LogP contribution < -0.4 is 10.6 Å². The second kappa shape index (κ2) is 9.00. The summed E-state index contributed by atoms with van der Waals surface area (Å²) in [6.07, 6.45) is 6.41. The Morgan fingerprint density at radius 3 is 2.00 bits per heavy atom. The molecule has 0 amide bonds. The highest BCUT2D eigenvalue weighted by Crippen LogP contribution is 2.58. The van der Waals surface area contributed by atoms with Gasteiger partial charge in [-0.3, -0.25) is 0 Å². The van der Waals surface area contributed by atoms with Gasteiger partial charge in [-0.15, -0.1) is 0 Å². The van der Waals surface area contributed by atoms with Crippen molar-refractivity contribution in [1.29, 1.82) is 0 Å². The molecular weight excluding hydrogens is 532 g/mol. The molecule has 3 fully saturated rings. The third-order valence-electron chi connectivity index (χ3n) is 9.41. The van der Waals surface area contributed by atoms with Gasteiger partial charge in [-0.2, -0.15) is 0 Å². The molecule has 6 nitrogen and oxygen atoms in total. The molecule has 10 heteroatoms. The Hall–Kier alpha value is -3.50. The Balaban J connectivity index is 1.09. The van der Waals surface area contributed by atoms with Gasteiger partial charge in [0.05, 0.1) is 49.0 Å². The summed E-state index contributed by atoms with van der Waals surface area (Å²) in [5.41, 5.74) is 8.66. The van der Waals surface area contributed by atoms with Crippen LogP contribution in [0.5, 0.6) is 0 Å². The van der Waals surface area contributed by atoms with E-state index in [4.69, 9.17) is 0 Å². The number of aromatic amines is 2. The molecule has 4 atom stereocenters. The Bertz CT molecular complexity index is 1620. The summed E-state index contributed by atoms with van der Waals surface area (Å²) in [5.74, 6) is -3.19. The van der Waals surface area contributed by atoms with E-state index in [1.807, 2.05) is 12.1 Å². The summed E-state index contributed by atoms with van der Waals surface area (Å²) in [6.45, 7) is -0.637. The van der Waals surface area contributed by atoms with Crippen molar-refractivity contribution in [3.63, 3.8) is 0 Å². The van der Waals surface area contributed by atoms with Crippen LogP contribution in [0.4, 0.5) is 17.6 Å². The predicted molar refractivity (Wildman–Crippen MR) is 147 cm³/mol.